The SMILES string of the molecule is N#Cc1nccnc1OC1CCN(S(=O)(=O)C2CC2)C1. The van der Waals surface area contributed by atoms with Crippen LogP contribution in [0.15, 0.2) is 12.4 Å². The molecule has 20 heavy (non-hydrogen) atoms. The van der Waals surface area contributed by atoms with Crippen LogP contribution in [0.2, 0.25) is 0 Å². The molecule has 0 N–H and O–H groups in total. The lowest BCUT2D eigenvalue weighted by Gasteiger charge is -2.16. The average Bonchev–Trinajstić information content (AvgIpc) is 3.20. The van der Waals surface area contributed by atoms with Gasteiger partial charge in [-0.15, -0.1) is 0 Å². The number of nitrogens with zero attached hydrogens (tertiary/aromatic N) is 4. The van der Waals surface area contributed by atoms with Gasteiger partial charge in [0.1, 0.15) is 12.2 Å². The molecule has 1 aromatic rings. The second-order valence-electron chi connectivity index (χ2n) is 4.95. The fourth-order valence-electron chi connectivity index (χ4n) is 2.25. The Labute approximate surface area is 117 Å². The third-order valence-electron chi connectivity index (χ3n) is 3.46. The van der Waals surface area contributed by atoms with Gasteiger partial charge in [-0.1, -0.05) is 0 Å². The molecule has 1 unspecified atom stereocenters. The molecule has 1 saturated heterocycles. The van der Waals surface area contributed by atoms with Gasteiger partial charge in [0.2, 0.25) is 15.7 Å². The summed E-state index contributed by atoms with van der Waals surface area (Å²) in [7, 11) is -3.15. The lowest BCUT2D eigenvalue weighted by molar-refractivity contribution is 0.205. The number of rotatable bonds is 4. The molecule has 0 spiro atoms. The summed E-state index contributed by atoms with van der Waals surface area (Å²) in [6, 6.07) is 1.91. The van der Waals surface area contributed by atoms with Gasteiger partial charge in [-0.3, -0.25) is 0 Å². The standard InChI is InChI=1S/C12H14N4O3S/c13-7-11-12(15-5-4-14-11)19-9-3-6-16(8-9)20(17,18)10-1-2-10/h4-5,9-10H,1-3,6,8H2. The van der Waals surface area contributed by atoms with E-state index >= 15 is 0 Å². The van der Waals surface area contributed by atoms with E-state index in [1.165, 1.54) is 16.7 Å². The highest BCUT2D eigenvalue weighted by Gasteiger charge is 2.43. The van der Waals surface area contributed by atoms with Gasteiger partial charge in [-0.05, 0) is 19.3 Å². The molecule has 2 aliphatic rings. The maximum Gasteiger partial charge on any atom is 0.251 e. The predicted octanol–water partition coefficient (Wildman–Crippen LogP) is 0.294. The first-order valence-electron chi connectivity index (χ1n) is 6.48. The first kappa shape index (κ1) is 13.3. The summed E-state index contributed by atoms with van der Waals surface area (Å²) < 4.78 is 31.3. The van der Waals surface area contributed by atoms with Crippen LogP contribution in [0.5, 0.6) is 5.88 Å². The Bertz CT molecular complexity index is 651. The van der Waals surface area contributed by atoms with Crippen molar-refractivity contribution in [2.24, 2.45) is 0 Å². The van der Waals surface area contributed by atoms with Crippen LogP contribution < -0.4 is 4.74 Å². The summed E-state index contributed by atoms with van der Waals surface area (Å²) in [5.41, 5.74) is 0.121. The Kier molecular flexibility index (Phi) is 3.31. The molecule has 1 aromatic heterocycles. The highest BCUT2D eigenvalue weighted by Crippen LogP contribution is 2.33. The van der Waals surface area contributed by atoms with Crippen molar-refractivity contribution in [3.8, 4) is 11.9 Å². The van der Waals surface area contributed by atoms with Crippen LogP contribution in [-0.4, -0.2) is 47.1 Å². The molecule has 1 saturated carbocycles. The predicted molar refractivity (Wildman–Crippen MR) is 69.3 cm³/mol. The molecule has 3 rings (SSSR count). The van der Waals surface area contributed by atoms with Gasteiger partial charge in [0.05, 0.1) is 11.8 Å². The van der Waals surface area contributed by atoms with Crippen LogP contribution in [0.25, 0.3) is 0 Å². The van der Waals surface area contributed by atoms with Gasteiger partial charge < -0.3 is 4.74 Å². The number of sulfonamides is 1. The van der Waals surface area contributed by atoms with Crippen molar-refractivity contribution >= 4 is 10.0 Å². The van der Waals surface area contributed by atoms with Crippen molar-refractivity contribution in [1.82, 2.24) is 14.3 Å². The van der Waals surface area contributed by atoms with E-state index in [0.717, 1.165) is 12.8 Å². The van der Waals surface area contributed by atoms with Crippen LogP contribution in [0.1, 0.15) is 25.0 Å². The number of hydrogen-bond donors (Lipinski definition) is 0. The molecule has 0 bridgehead atoms. The van der Waals surface area contributed by atoms with E-state index in [1.807, 2.05) is 6.07 Å². The van der Waals surface area contributed by atoms with Gasteiger partial charge in [0, 0.05) is 18.9 Å². The summed E-state index contributed by atoms with van der Waals surface area (Å²) in [5, 5.41) is 8.71. The second kappa shape index (κ2) is 5.00. The van der Waals surface area contributed by atoms with Gasteiger partial charge >= 0.3 is 0 Å². The molecule has 0 aromatic carbocycles. The Morgan fingerprint density at radius 1 is 1.30 bits per heavy atom. The Hall–Kier alpha value is -1.72. The van der Waals surface area contributed by atoms with Crippen molar-refractivity contribution in [3.63, 3.8) is 0 Å². The minimum Gasteiger partial charge on any atom is -0.471 e. The maximum absolute atomic E-state index is 12.1. The summed E-state index contributed by atoms with van der Waals surface area (Å²) in [6.45, 7) is 0.784. The summed E-state index contributed by atoms with van der Waals surface area (Å²) in [6.07, 6.45) is 4.72. The molecular weight excluding hydrogens is 280 g/mol. The van der Waals surface area contributed by atoms with Gasteiger partial charge in [0.15, 0.2) is 0 Å². The van der Waals surface area contributed by atoms with Crippen LogP contribution in [0.3, 0.4) is 0 Å². The lowest BCUT2D eigenvalue weighted by Crippen LogP contribution is -2.33. The normalized spacial score (nSPS) is 23.4. The van der Waals surface area contributed by atoms with E-state index in [1.54, 1.807) is 0 Å². The van der Waals surface area contributed by atoms with E-state index in [-0.39, 0.29) is 22.9 Å². The minimum absolute atomic E-state index is 0.121. The first-order valence-corrected chi connectivity index (χ1v) is 7.98. The molecule has 1 atom stereocenters. The topological polar surface area (TPSA) is 96.2 Å². The quantitative estimate of drug-likeness (QED) is 0.792. The molecule has 8 heteroatoms. The fraction of sp³-hybridized carbons (Fsp3) is 0.583. The van der Waals surface area contributed by atoms with Crippen molar-refractivity contribution in [1.29, 1.82) is 5.26 Å². The Morgan fingerprint density at radius 2 is 2.05 bits per heavy atom. The van der Waals surface area contributed by atoms with Crippen molar-refractivity contribution < 1.29 is 13.2 Å². The van der Waals surface area contributed by atoms with E-state index < -0.39 is 10.0 Å². The lowest BCUT2D eigenvalue weighted by atomic mass is 10.3. The summed E-state index contributed by atoms with van der Waals surface area (Å²) >= 11 is 0. The van der Waals surface area contributed by atoms with E-state index in [4.69, 9.17) is 10.00 Å². The highest BCUT2D eigenvalue weighted by molar-refractivity contribution is 7.90. The zero-order valence-corrected chi connectivity index (χ0v) is 11.6. The maximum atomic E-state index is 12.1. The van der Waals surface area contributed by atoms with Crippen molar-refractivity contribution in [3.05, 3.63) is 18.1 Å². The summed E-state index contributed by atoms with van der Waals surface area (Å²) in [4.78, 5) is 7.84. The van der Waals surface area contributed by atoms with E-state index in [0.29, 0.717) is 19.5 Å². The summed E-state index contributed by atoms with van der Waals surface area (Å²) in [5.74, 6) is 0.172. The average molecular weight is 294 g/mol. The Balaban J connectivity index is 1.68. The third-order valence-corrected chi connectivity index (χ3v) is 5.83. The number of hydrogen-bond acceptors (Lipinski definition) is 6. The van der Waals surface area contributed by atoms with Crippen LogP contribution in [-0.2, 0) is 10.0 Å². The van der Waals surface area contributed by atoms with Gasteiger partial charge in [-0.2, -0.15) is 9.57 Å². The molecule has 2 fully saturated rings. The monoisotopic (exact) mass is 294 g/mol. The van der Waals surface area contributed by atoms with Crippen LogP contribution in [0.4, 0.5) is 0 Å². The third kappa shape index (κ3) is 2.46. The molecule has 106 valence electrons. The van der Waals surface area contributed by atoms with E-state index in [2.05, 4.69) is 9.97 Å². The largest absolute Gasteiger partial charge is 0.471 e. The second-order valence-corrected chi connectivity index (χ2v) is 7.17. The number of ether oxygens (including phenoxy) is 1. The first-order chi connectivity index (χ1) is 9.61. The smallest absolute Gasteiger partial charge is 0.251 e. The fourth-order valence-corrected chi connectivity index (χ4v) is 4.14. The van der Waals surface area contributed by atoms with Crippen LogP contribution in [0, 0.1) is 11.3 Å². The Morgan fingerprint density at radius 3 is 2.75 bits per heavy atom. The number of aromatic nitrogens is 2. The number of nitriles is 1. The molecule has 7 nitrogen and oxygen atoms in total. The molecular formula is C12H14N4O3S. The van der Waals surface area contributed by atoms with Crippen molar-refractivity contribution in [2.45, 2.75) is 30.6 Å². The molecule has 0 radical (unpaired) electrons. The zero-order chi connectivity index (χ0) is 14.2. The zero-order valence-electron chi connectivity index (χ0n) is 10.8. The molecule has 1 aliphatic carbocycles. The van der Waals surface area contributed by atoms with E-state index in [9.17, 15) is 8.42 Å². The highest BCUT2D eigenvalue weighted by atomic mass is 32.2. The molecule has 2 heterocycles. The van der Waals surface area contributed by atoms with Crippen molar-refractivity contribution in [2.75, 3.05) is 13.1 Å². The minimum atomic E-state index is -3.15. The molecule has 0 amide bonds. The molecule has 1 aliphatic heterocycles. The van der Waals surface area contributed by atoms with Gasteiger partial charge in [0.25, 0.3) is 5.88 Å². The van der Waals surface area contributed by atoms with Crippen LogP contribution >= 0.6 is 0 Å². The van der Waals surface area contributed by atoms with Gasteiger partial charge in [-0.25, -0.2) is 18.4 Å².